The van der Waals surface area contributed by atoms with Gasteiger partial charge in [-0.05, 0) is 26.0 Å². The second kappa shape index (κ2) is 5.39. The molecule has 3 N–H and O–H groups in total. The molecule has 0 aliphatic carbocycles. The summed E-state index contributed by atoms with van der Waals surface area (Å²) in [7, 11) is 0. The summed E-state index contributed by atoms with van der Waals surface area (Å²) in [5.74, 6) is 5.14. The quantitative estimate of drug-likeness (QED) is 0.504. The van der Waals surface area contributed by atoms with Gasteiger partial charge in [0.2, 0.25) is 0 Å². The van der Waals surface area contributed by atoms with Crippen LogP contribution in [0.1, 0.15) is 25.5 Å². The lowest BCUT2D eigenvalue weighted by Crippen LogP contribution is -2.27. The second-order valence-electron chi connectivity index (χ2n) is 3.52. The number of nitrogens with one attached hydrogen (secondary N) is 1. The molecular formula is C11H14BrFN2. The van der Waals surface area contributed by atoms with Crippen molar-refractivity contribution in [2.24, 2.45) is 5.84 Å². The Bertz CT molecular complexity index is 353. The van der Waals surface area contributed by atoms with Crippen LogP contribution in [0.4, 0.5) is 4.39 Å². The lowest BCUT2D eigenvalue weighted by molar-refractivity contribution is 0.564. The monoisotopic (exact) mass is 272 g/mol. The molecule has 4 heteroatoms. The zero-order chi connectivity index (χ0) is 11.4. The van der Waals surface area contributed by atoms with E-state index in [-0.39, 0.29) is 11.9 Å². The van der Waals surface area contributed by atoms with E-state index < -0.39 is 0 Å². The van der Waals surface area contributed by atoms with Crippen LogP contribution in [-0.4, -0.2) is 0 Å². The van der Waals surface area contributed by atoms with Gasteiger partial charge in [-0.1, -0.05) is 33.6 Å². The molecule has 1 unspecified atom stereocenters. The average Bonchev–Trinajstić information content (AvgIpc) is 2.15. The molecule has 82 valence electrons. The molecule has 0 heterocycles. The Hall–Kier alpha value is -0.710. The molecule has 0 aliphatic heterocycles. The van der Waals surface area contributed by atoms with Crippen molar-refractivity contribution >= 4 is 15.9 Å². The van der Waals surface area contributed by atoms with Crippen molar-refractivity contribution in [1.29, 1.82) is 0 Å². The van der Waals surface area contributed by atoms with Crippen LogP contribution in [0.25, 0.3) is 0 Å². The molecule has 0 radical (unpaired) electrons. The van der Waals surface area contributed by atoms with E-state index in [1.165, 1.54) is 6.07 Å². The SMILES string of the molecule is CC(C)=CC(NN)c1c(F)cccc1Br. The van der Waals surface area contributed by atoms with Crippen LogP contribution >= 0.6 is 15.9 Å². The summed E-state index contributed by atoms with van der Waals surface area (Å²) < 4.78 is 14.3. The molecule has 0 amide bonds. The predicted octanol–water partition coefficient (Wildman–Crippen LogP) is 3.06. The second-order valence-corrected chi connectivity index (χ2v) is 4.38. The van der Waals surface area contributed by atoms with Crippen LogP contribution < -0.4 is 11.3 Å². The first kappa shape index (κ1) is 12.4. The Morgan fingerprint density at radius 3 is 2.67 bits per heavy atom. The van der Waals surface area contributed by atoms with Gasteiger partial charge in [0.25, 0.3) is 0 Å². The third kappa shape index (κ3) is 3.12. The van der Waals surface area contributed by atoms with Crippen LogP contribution in [0.15, 0.2) is 34.3 Å². The van der Waals surface area contributed by atoms with Gasteiger partial charge in [-0.3, -0.25) is 5.84 Å². The minimum absolute atomic E-state index is 0.273. The Morgan fingerprint density at radius 1 is 1.53 bits per heavy atom. The molecule has 0 aliphatic rings. The highest BCUT2D eigenvalue weighted by molar-refractivity contribution is 9.10. The highest BCUT2D eigenvalue weighted by Crippen LogP contribution is 2.27. The molecule has 1 aromatic rings. The molecule has 0 saturated carbocycles. The van der Waals surface area contributed by atoms with Gasteiger partial charge in [0, 0.05) is 10.0 Å². The predicted molar refractivity (Wildman–Crippen MR) is 63.6 cm³/mol. The first-order chi connectivity index (χ1) is 7.06. The fourth-order valence-corrected chi connectivity index (χ4v) is 1.94. The van der Waals surface area contributed by atoms with E-state index in [1.54, 1.807) is 12.1 Å². The molecule has 0 bridgehead atoms. The Labute approximate surface area is 97.5 Å². The van der Waals surface area contributed by atoms with E-state index in [1.807, 2.05) is 19.9 Å². The number of rotatable bonds is 3. The number of halogens is 2. The highest BCUT2D eigenvalue weighted by Gasteiger charge is 2.14. The van der Waals surface area contributed by atoms with Crippen molar-refractivity contribution < 1.29 is 4.39 Å². The normalized spacial score (nSPS) is 12.3. The summed E-state index contributed by atoms with van der Waals surface area (Å²) in [6.45, 7) is 3.89. The molecule has 0 fully saturated rings. The van der Waals surface area contributed by atoms with Crippen LogP contribution in [0.5, 0.6) is 0 Å². The van der Waals surface area contributed by atoms with E-state index in [9.17, 15) is 4.39 Å². The van der Waals surface area contributed by atoms with Crippen molar-refractivity contribution in [3.63, 3.8) is 0 Å². The average molecular weight is 273 g/mol. The first-order valence-corrected chi connectivity index (χ1v) is 5.40. The smallest absolute Gasteiger partial charge is 0.129 e. The van der Waals surface area contributed by atoms with E-state index in [4.69, 9.17) is 5.84 Å². The van der Waals surface area contributed by atoms with Crippen molar-refractivity contribution in [2.45, 2.75) is 19.9 Å². The third-order valence-electron chi connectivity index (χ3n) is 1.99. The number of benzene rings is 1. The van der Waals surface area contributed by atoms with E-state index in [0.29, 0.717) is 10.0 Å². The summed E-state index contributed by atoms with van der Waals surface area (Å²) >= 11 is 3.31. The molecule has 1 aromatic carbocycles. The van der Waals surface area contributed by atoms with Crippen molar-refractivity contribution in [1.82, 2.24) is 5.43 Å². The molecule has 0 aromatic heterocycles. The summed E-state index contributed by atoms with van der Waals surface area (Å²) in [6, 6.07) is 4.55. The standard InChI is InChI=1S/C11H14BrFN2/c1-7(2)6-10(15-14)11-8(12)4-3-5-9(11)13/h3-6,10,15H,14H2,1-2H3. The van der Waals surface area contributed by atoms with Gasteiger partial charge in [0.1, 0.15) is 5.82 Å². The van der Waals surface area contributed by atoms with Crippen molar-refractivity contribution in [2.75, 3.05) is 0 Å². The topological polar surface area (TPSA) is 38.0 Å². The van der Waals surface area contributed by atoms with E-state index in [2.05, 4.69) is 21.4 Å². The maximum absolute atomic E-state index is 13.6. The van der Waals surface area contributed by atoms with Gasteiger partial charge in [-0.15, -0.1) is 0 Å². The van der Waals surface area contributed by atoms with E-state index in [0.717, 1.165) is 5.57 Å². The molecule has 1 rings (SSSR count). The van der Waals surface area contributed by atoms with Crippen molar-refractivity contribution in [3.05, 3.63) is 45.7 Å². The van der Waals surface area contributed by atoms with Crippen molar-refractivity contribution in [3.8, 4) is 0 Å². The van der Waals surface area contributed by atoms with Crippen LogP contribution in [0, 0.1) is 5.82 Å². The number of nitrogens with two attached hydrogens (primary N) is 1. The zero-order valence-corrected chi connectivity index (χ0v) is 10.3. The van der Waals surface area contributed by atoms with Crippen LogP contribution in [-0.2, 0) is 0 Å². The largest absolute Gasteiger partial charge is 0.271 e. The van der Waals surface area contributed by atoms with Gasteiger partial charge in [-0.25, -0.2) is 9.82 Å². The molecule has 2 nitrogen and oxygen atoms in total. The molecule has 0 spiro atoms. The molecule has 1 atom stereocenters. The summed E-state index contributed by atoms with van der Waals surface area (Å²) in [5, 5.41) is 0. The third-order valence-corrected chi connectivity index (χ3v) is 2.68. The fourth-order valence-electron chi connectivity index (χ4n) is 1.36. The highest BCUT2D eigenvalue weighted by atomic mass is 79.9. The number of allylic oxidation sites excluding steroid dienone is 1. The lowest BCUT2D eigenvalue weighted by atomic mass is 10.0. The van der Waals surface area contributed by atoms with Crippen LogP contribution in [0.2, 0.25) is 0 Å². The lowest BCUT2D eigenvalue weighted by Gasteiger charge is -2.15. The maximum Gasteiger partial charge on any atom is 0.129 e. The first-order valence-electron chi connectivity index (χ1n) is 4.61. The maximum atomic E-state index is 13.6. The molecular weight excluding hydrogens is 259 g/mol. The van der Waals surface area contributed by atoms with Gasteiger partial charge in [0.05, 0.1) is 6.04 Å². The zero-order valence-electron chi connectivity index (χ0n) is 8.72. The van der Waals surface area contributed by atoms with Crippen LogP contribution in [0.3, 0.4) is 0 Å². The van der Waals surface area contributed by atoms with Gasteiger partial charge in [0.15, 0.2) is 0 Å². The van der Waals surface area contributed by atoms with Gasteiger partial charge < -0.3 is 0 Å². The minimum Gasteiger partial charge on any atom is -0.271 e. The Kier molecular flexibility index (Phi) is 4.45. The summed E-state index contributed by atoms with van der Waals surface area (Å²) in [5.41, 5.74) is 4.19. The summed E-state index contributed by atoms with van der Waals surface area (Å²) in [6.07, 6.45) is 1.88. The van der Waals surface area contributed by atoms with Gasteiger partial charge >= 0.3 is 0 Å². The van der Waals surface area contributed by atoms with E-state index >= 15 is 0 Å². The summed E-state index contributed by atoms with van der Waals surface area (Å²) in [4.78, 5) is 0. The van der Waals surface area contributed by atoms with Gasteiger partial charge in [-0.2, -0.15) is 0 Å². The molecule has 15 heavy (non-hydrogen) atoms. The minimum atomic E-state index is -0.314. The molecule has 0 saturated heterocycles. The number of hydrogen-bond donors (Lipinski definition) is 2. The Morgan fingerprint density at radius 2 is 2.20 bits per heavy atom. The number of hydrogen-bond acceptors (Lipinski definition) is 2. The Balaban J connectivity index is 3.17. The fraction of sp³-hybridized carbons (Fsp3) is 0.273. The number of hydrazine groups is 1.